The predicted molar refractivity (Wildman–Crippen MR) is 201 cm³/mol. The Morgan fingerprint density at radius 1 is 0.792 bits per heavy atom. The molecular formula is C35H41N4O11P2Sn. The summed E-state index contributed by atoms with van der Waals surface area (Å²) in [6, 6.07) is 0. The third-order valence-electron chi connectivity index (χ3n) is 9.92. The van der Waals surface area contributed by atoms with Crippen molar-refractivity contribution in [2.75, 3.05) is 6.66 Å². The molecule has 1 radical (unpaired) electrons. The van der Waals surface area contributed by atoms with E-state index in [1.807, 2.05) is 42.6 Å². The number of phosphoric ester groups is 1. The van der Waals surface area contributed by atoms with Crippen molar-refractivity contribution in [3.8, 4) is 0 Å². The van der Waals surface area contributed by atoms with Gasteiger partial charge >= 0.3 is 315 Å². The van der Waals surface area contributed by atoms with E-state index in [9.17, 15) is 43.6 Å². The molecule has 6 rings (SSSR count). The van der Waals surface area contributed by atoms with Gasteiger partial charge in [0.15, 0.2) is 0 Å². The number of carbonyl (C=O) groups is 2. The van der Waals surface area contributed by atoms with Crippen LogP contribution in [0, 0.1) is 13.8 Å². The number of phosphoric acid groups is 1. The molecule has 53 heavy (non-hydrogen) atoms. The number of nitrogens with zero attached hydrogens (tertiary/aromatic N) is 4. The van der Waals surface area contributed by atoms with Crippen LogP contribution in [0.5, 0.6) is 0 Å². The summed E-state index contributed by atoms with van der Waals surface area (Å²) < 4.78 is 42.0. The van der Waals surface area contributed by atoms with Gasteiger partial charge < -0.3 is 0 Å². The minimum absolute atomic E-state index is 0.00747. The fourth-order valence-corrected chi connectivity index (χ4v) is 17.9. The van der Waals surface area contributed by atoms with Crippen LogP contribution in [0.1, 0.15) is 87.0 Å². The van der Waals surface area contributed by atoms with Gasteiger partial charge in [-0.3, -0.25) is 0 Å². The maximum atomic E-state index is 13.6. The molecule has 0 spiro atoms. The van der Waals surface area contributed by atoms with Crippen LogP contribution in [0.25, 0.3) is 24.0 Å². The Bertz CT molecular complexity index is 2430. The Hall–Kier alpha value is -3.56. The van der Waals surface area contributed by atoms with Gasteiger partial charge in [0.05, 0.1) is 0 Å². The number of aromatic nitrogens is 2. The van der Waals surface area contributed by atoms with Crippen molar-refractivity contribution in [1.29, 1.82) is 0 Å². The third-order valence-corrected chi connectivity index (χ3v) is 20.0. The van der Waals surface area contributed by atoms with Crippen molar-refractivity contribution in [3.05, 3.63) is 78.0 Å². The Labute approximate surface area is 313 Å². The topological polar surface area (TPSA) is 222 Å². The van der Waals surface area contributed by atoms with Crippen molar-refractivity contribution in [2.24, 2.45) is 9.98 Å². The molecule has 5 N–H and O–H groups in total. The van der Waals surface area contributed by atoms with Crippen LogP contribution in [0.2, 0.25) is 0 Å². The van der Waals surface area contributed by atoms with E-state index in [0.717, 1.165) is 23.4 Å². The van der Waals surface area contributed by atoms with E-state index in [0.29, 0.717) is 68.5 Å². The van der Waals surface area contributed by atoms with Gasteiger partial charge in [-0.25, -0.2) is 0 Å². The van der Waals surface area contributed by atoms with E-state index in [1.54, 1.807) is 22.7 Å². The zero-order valence-corrected chi connectivity index (χ0v) is 35.0. The van der Waals surface area contributed by atoms with Crippen LogP contribution >= 0.6 is 15.4 Å². The van der Waals surface area contributed by atoms with Gasteiger partial charge in [-0.1, -0.05) is 0 Å². The van der Waals surface area contributed by atoms with Crippen molar-refractivity contribution in [3.63, 3.8) is 0 Å². The van der Waals surface area contributed by atoms with Crippen LogP contribution in [0.3, 0.4) is 0 Å². The number of hydrogen-bond acceptors (Lipinski definition) is 8. The van der Waals surface area contributed by atoms with Gasteiger partial charge in [0.2, 0.25) is 0 Å². The summed E-state index contributed by atoms with van der Waals surface area (Å²) in [4.78, 5) is 65.7. The Balaban J connectivity index is 1.96. The number of rotatable bonds is 12. The fourth-order valence-electron chi connectivity index (χ4n) is 7.55. The molecule has 2 aromatic heterocycles. The van der Waals surface area contributed by atoms with Crippen molar-refractivity contribution >= 4 is 83.5 Å². The summed E-state index contributed by atoms with van der Waals surface area (Å²) in [6.45, 7) is 12.3. The standard InChI is InChI=1S/C34H39N4O8P.CH5O3P.Sn/c1-7-20-16(3)24-14-27-21(8-2)18(5)32(37-27)34(46-47(43,44)45)33-19(6)23(10-12-31(41)42)29(38-33)15-28-22(9-11-30(39)40)17(4)25(36-28)13-26(20)35-24;1-5(2,3)4;/h13-15H,7-12H2,1-6H3,(H6,35,36,37,38,39,40,41,42,43,44,45);1H3,(H2,2,3,4);/q;;+3/p-3. The van der Waals surface area contributed by atoms with Crippen molar-refractivity contribution < 1.29 is 51.0 Å². The van der Waals surface area contributed by atoms with E-state index in [1.165, 1.54) is 0 Å². The van der Waals surface area contributed by atoms with Crippen LogP contribution < -0.4 is 10.7 Å². The van der Waals surface area contributed by atoms with E-state index < -0.39 is 48.1 Å². The molecule has 281 valence electrons. The summed E-state index contributed by atoms with van der Waals surface area (Å²) >= 11 is -4.56. The average Bonchev–Trinajstić information content (AvgIpc) is 3.69. The van der Waals surface area contributed by atoms with E-state index >= 15 is 0 Å². The SMILES string of the molecule is CCC1=C(C)C2=Cc3c(CC)c(C)c4[n]3[Sn]([O]P(C)(=O)O)[n]3c(c(C)c(CCC(=O)O)c3=CC3=NC(=C4OP(=O)(O)O)C(C)=C3CCC(=O)O)=CC1=N2. The molecule has 1 unspecified atom stereocenters. The molecule has 0 saturated heterocycles. The first kappa shape index (κ1) is 39.1. The van der Waals surface area contributed by atoms with Crippen LogP contribution in [-0.4, -0.2) is 81.2 Å². The molecule has 2 aromatic rings. The molecular weight excluding hydrogens is 833 g/mol. The third kappa shape index (κ3) is 7.20. The molecule has 6 bridgehead atoms. The zero-order chi connectivity index (χ0) is 38.9. The molecule has 4 aliphatic rings. The Morgan fingerprint density at radius 2 is 1.42 bits per heavy atom. The molecule has 0 amide bonds. The number of carboxylic acids is 2. The fraction of sp³-hybridized carbons (Fsp3) is 0.371. The maximum absolute atomic E-state index is 13.6. The second-order valence-electron chi connectivity index (χ2n) is 13.3. The molecule has 0 aromatic carbocycles. The second kappa shape index (κ2) is 14.3. The Kier molecular flexibility index (Phi) is 10.5. The molecule has 18 heteroatoms. The summed E-state index contributed by atoms with van der Waals surface area (Å²) in [5, 5.41) is 20.6. The summed E-state index contributed by atoms with van der Waals surface area (Å²) in [5.41, 5.74) is 7.82. The molecule has 0 fully saturated rings. The first-order chi connectivity index (χ1) is 24.8. The zero-order valence-electron chi connectivity index (χ0n) is 30.3. The van der Waals surface area contributed by atoms with Gasteiger partial charge in [0, 0.05) is 0 Å². The molecule has 1 atom stereocenters. The quantitative estimate of drug-likeness (QED) is 0.150. The van der Waals surface area contributed by atoms with Crippen LogP contribution in [-0.2, 0) is 38.9 Å². The van der Waals surface area contributed by atoms with Crippen molar-refractivity contribution in [2.45, 2.75) is 80.1 Å². The first-order valence-electron chi connectivity index (χ1n) is 17.0. The minimum atomic E-state index is -5.30. The Morgan fingerprint density at radius 3 is 2.00 bits per heavy atom. The second-order valence-corrected chi connectivity index (χ2v) is 22.0. The van der Waals surface area contributed by atoms with Gasteiger partial charge in [0.1, 0.15) is 0 Å². The monoisotopic (exact) mass is 875 g/mol. The van der Waals surface area contributed by atoms with Gasteiger partial charge in [-0.2, -0.15) is 0 Å². The molecule has 15 nitrogen and oxygen atoms in total. The predicted octanol–water partition coefficient (Wildman–Crippen LogP) is 4.22. The van der Waals surface area contributed by atoms with Crippen LogP contribution in [0.4, 0.5) is 0 Å². The van der Waals surface area contributed by atoms with Gasteiger partial charge in [-0.05, 0) is 0 Å². The average molecular weight is 874 g/mol. The molecule has 4 aliphatic heterocycles. The first-order valence-corrected chi connectivity index (χ1v) is 24.3. The number of aliphatic carboxylic acids is 2. The molecule has 6 heterocycles. The number of fused-ring (bicyclic) bond motifs is 2. The summed E-state index contributed by atoms with van der Waals surface area (Å²) in [7, 11) is -9.62. The van der Waals surface area contributed by atoms with E-state index in [-0.39, 0.29) is 48.5 Å². The summed E-state index contributed by atoms with van der Waals surface area (Å²) in [5.74, 6) is -2.38. The summed E-state index contributed by atoms with van der Waals surface area (Å²) in [6.07, 6.45) is 6.08. The number of carboxylic acid groups (broad SMARTS) is 2. The van der Waals surface area contributed by atoms with Crippen LogP contribution in [0.15, 0.2) is 43.7 Å². The van der Waals surface area contributed by atoms with E-state index in [2.05, 4.69) is 0 Å². The van der Waals surface area contributed by atoms with Gasteiger partial charge in [0.25, 0.3) is 0 Å². The molecule has 0 saturated carbocycles. The van der Waals surface area contributed by atoms with E-state index in [4.69, 9.17) is 17.4 Å². The normalized spacial score (nSPS) is 18.0. The van der Waals surface area contributed by atoms with Gasteiger partial charge in [-0.15, -0.1) is 0 Å². The van der Waals surface area contributed by atoms with Crippen molar-refractivity contribution in [1.82, 2.24) is 5.58 Å². The number of aliphatic imine (C=N–C) groups is 2. The number of allylic oxidation sites excluding steroid dienone is 4. The molecule has 0 aliphatic carbocycles. The number of hydrogen-bond donors (Lipinski definition) is 5.